The first kappa shape index (κ1) is 31.8. The monoisotopic (exact) mass is 584 g/mol. The molecule has 0 spiro atoms. The predicted molar refractivity (Wildman–Crippen MR) is 163 cm³/mol. The van der Waals surface area contributed by atoms with Crippen LogP contribution in [-0.4, -0.2) is 51.6 Å². The summed E-state index contributed by atoms with van der Waals surface area (Å²) in [6.07, 6.45) is 14.9. The van der Waals surface area contributed by atoms with Gasteiger partial charge in [-0.25, -0.2) is 9.59 Å². The normalized spacial score (nSPS) is 37.3. The first-order chi connectivity index (χ1) is 20.3. The minimum atomic E-state index is -0.262. The lowest BCUT2D eigenvalue weighted by molar-refractivity contribution is -0.141. The van der Waals surface area contributed by atoms with E-state index in [0.717, 1.165) is 87.6 Å². The Morgan fingerprint density at radius 3 is 1.74 bits per heavy atom. The minimum Gasteiger partial charge on any atom is -0.462 e. The van der Waals surface area contributed by atoms with Crippen LogP contribution in [0.25, 0.3) is 0 Å². The molecule has 6 nitrogen and oxygen atoms in total. The molecule has 0 heterocycles. The van der Waals surface area contributed by atoms with Crippen molar-refractivity contribution in [1.29, 1.82) is 0 Å². The Hall–Kier alpha value is -1.66. The van der Waals surface area contributed by atoms with Gasteiger partial charge in [-0.1, -0.05) is 19.6 Å². The molecule has 5 fully saturated rings. The number of fused-ring (bicyclic) bond motifs is 5. The summed E-state index contributed by atoms with van der Waals surface area (Å²) in [6.45, 7) is 15.5. The summed E-state index contributed by atoms with van der Waals surface area (Å²) >= 11 is 0. The van der Waals surface area contributed by atoms with Gasteiger partial charge < -0.3 is 18.9 Å². The third-order valence-electron chi connectivity index (χ3n) is 11.5. The summed E-state index contributed by atoms with van der Waals surface area (Å²) < 4.78 is 23.5. The van der Waals surface area contributed by atoms with Crippen LogP contribution in [0.4, 0.5) is 0 Å². The van der Waals surface area contributed by atoms with E-state index < -0.39 is 0 Å². The summed E-state index contributed by atoms with van der Waals surface area (Å²) in [6, 6.07) is 0. The van der Waals surface area contributed by atoms with Gasteiger partial charge in [0.2, 0.25) is 0 Å². The van der Waals surface area contributed by atoms with Gasteiger partial charge in [0.25, 0.3) is 0 Å². The van der Waals surface area contributed by atoms with Crippen LogP contribution in [0.3, 0.4) is 0 Å². The largest absolute Gasteiger partial charge is 0.462 e. The van der Waals surface area contributed by atoms with Gasteiger partial charge in [-0.05, 0) is 144 Å². The minimum absolute atomic E-state index is 0.260. The highest BCUT2D eigenvalue weighted by Crippen LogP contribution is 2.62. The molecule has 5 saturated carbocycles. The van der Waals surface area contributed by atoms with E-state index in [4.69, 9.17) is 18.9 Å². The van der Waals surface area contributed by atoms with Gasteiger partial charge in [0.05, 0.1) is 13.2 Å². The molecular formula is C36H56O6. The van der Waals surface area contributed by atoms with Crippen LogP contribution in [0, 0.1) is 59.2 Å². The Labute approximate surface area is 254 Å². The van der Waals surface area contributed by atoms with Gasteiger partial charge in [-0.3, -0.25) is 0 Å². The van der Waals surface area contributed by atoms with E-state index in [9.17, 15) is 9.59 Å². The van der Waals surface area contributed by atoms with Crippen LogP contribution in [0.15, 0.2) is 24.3 Å². The van der Waals surface area contributed by atoms with Crippen LogP contribution in [0.2, 0.25) is 0 Å². The predicted octanol–water partition coefficient (Wildman–Crippen LogP) is 7.17. The molecule has 0 aliphatic heterocycles. The number of carbonyl (C=O) groups excluding carboxylic acids is 2. The van der Waals surface area contributed by atoms with E-state index in [1.165, 1.54) is 51.4 Å². The molecule has 2 bridgehead atoms. The number of hydrogen-bond donors (Lipinski definition) is 0. The lowest BCUT2D eigenvalue weighted by atomic mass is 9.76. The molecule has 0 amide bonds. The summed E-state index contributed by atoms with van der Waals surface area (Å²) in [4.78, 5) is 23.4. The molecular weight excluding hydrogens is 528 g/mol. The molecule has 5 aliphatic carbocycles. The van der Waals surface area contributed by atoms with Crippen molar-refractivity contribution in [3.8, 4) is 0 Å². The zero-order valence-electron chi connectivity index (χ0n) is 26.4. The van der Waals surface area contributed by atoms with Crippen molar-refractivity contribution < 1.29 is 28.5 Å². The second-order valence-electron chi connectivity index (χ2n) is 14.9. The standard InChI is InChI=1S/C36H56O6/c1-23(2)35(37)41-20-26-10-8-25(9-11-26)17-40-22-31-15-30-16-33(31)34-14-29(13-32(30)34)19-39-18-27-6-5-7-28(12-27)21-42-36(38)24(3)4/h25-34H,1,3,5-22H2,2,4H3. The van der Waals surface area contributed by atoms with Crippen molar-refractivity contribution in [2.75, 3.05) is 39.6 Å². The third kappa shape index (κ3) is 8.28. The Kier molecular flexibility index (Phi) is 11.3. The lowest BCUT2D eigenvalue weighted by Crippen LogP contribution is -2.28. The highest BCUT2D eigenvalue weighted by atomic mass is 16.5. The molecule has 0 radical (unpaired) electrons. The molecule has 236 valence electrons. The van der Waals surface area contributed by atoms with E-state index in [-0.39, 0.29) is 11.9 Å². The van der Waals surface area contributed by atoms with E-state index in [1.54, 1.807) is 13.8 Å². The number of hydrogen-bond acceptors (Lipinski definition) is 6. The number of esters is 2. The molecule has 42 heavy (non-hydrogen) atoms. The maximum Gasteiger partial charge on any atom is 0.333 e. The molecule has 8 unspecified atom stereocenters. The smallest absolute Gasteiger partial charge is 0.333 e. The Morgan fingerprint density at radius 1 is 0.548 bits per heavy atom. The summed E-state index contributed by atoms with van der Waals surface area (Å²) in [5.41, 5.74) is 0.964. The van der Waals surface area contributed by atoms with E-state index in [1.807, 2.05) is 0 Å². The number of carbonyl (C=O) groups is 2. The van der Waals surface area contributed by atoms with Gasteiger partial charge >= 0.3 is 11.9 Å². The lowest BCUT2D eigenvalue weighted by Gasteiger charge is -2.32. The molecule has 0 N–H and O–H groups in total. The van der Waals surface area contributed by atoms with E-state index >= 15 is 0 Å². The van der Waals surface area contributed by atoms with E-state index in [2.05, 4.69) is 13.2 Å². The van der Waals surface area contributed by atoms with Crippen LogP contribution in [0.5, 0.6) is 0 Å². The maximum atomic E-state index is 11.7. The first-order valence-corrected chi connectivity index (χ1v) is 17.1. The van der Waals surface area contributed by atoms with Crippen molar-refractivity contribution in [3.05, 3.63) is 24.3 Å². The molecule has 0 aromatic heterocycles. The Bertz CT molecular complexity index is 951. The average molecular weight is 585 g/mol. The van der Waals surface area contributed by atoms with Crippen molar-refractivity contribution in [2.24, 2.45) is 59.2 Å². The second-order valence-corrected chi connectivity index (χ2v) is 14.9. The summed E-state index contributed by atoms with van der Waals surface area (Å²) in [7, 11) is 0. The Morgan fingerprint density at radius 2 is 1.07 bits per heavy atom. The SMILES string of the molecule is C=C(C)C(=O)OCC1CCC(COCC2CC3CC2C2CC(COCC4CCCC(COC(=O)C(=C)C)C4)CC32)CC1. The van der Waals surface area contributed by atoms with Gasteiger partial charge in [-0.2, -0.15) is 0 Å². The van der Waals surface area contributed by atoms with Crippen LogP contribution >= 0.6 is 0 Å². The molecule has 5 rings (SSSR count). The number of ether oxygens (including phenoxy) is 4. The van der Waals surface area contributed by atoms with Crippen molar-refractivity contribution in [1.82, 2.24) is 0 Å². The van der Waals surface area contributed by atoms with Crippen molar-refractivity contribution in [3.63, 3.8) is 0 Å². The average Bonchev–Trinajstić information content (AvgIpc) is 3.68. The third-order valence-corrected chi connectivity index (χ3v) is 11.5. The maximum absolute atomic E-state index is 11.7. The van der Waals surface area contributed by atoms with Crippen molar-refractivity contribution in [2.45, 2.75) is 90.9 Å². The van der Waals surface area contributed by atoms with Crippen LogP contribution < -0.4 is 0 Å². The number of rotatable bonds is 14. The highest BCUT2D eigenvalue weighted by molar-refractivity contribution is 5.87. The Balaban J connectivity index is 0.942. The second kappa shape index (κ2) is 14.9. The van der Waals surface area contributed by atoms with Gasteiger partial charge in [0.15, 0.2) is 0 Å². The molecule has 0 aromatic rings. The molecule has 5 aliphatic rings. The molecule has 0 saturated heterocycles. The zero-order chi connectivity index (χ0) is 29.6. The van der Waals surface area contributed by atoms with Gasteiger partial charge in [-0.15, -0.1) is 0 Å². The van der Waals surface area contributed by atoms with Gasteiger partial charge in [0.1, 0.15) is 0 Å². The fourth-order valence-corrected chi connectivity index (χ4v) is 9.34. The van der Waals surface area contributed by atoms with Crippen LogP contribution in [-0.2, 0) is 28.5 Å². The zero-order valence-corrected chi connectivity index (χ0v) is 26.4. The van der Waals surface area contributed by atoms with Gasteiger partial charge in [0, 0.05) is 37.6 Å². The highest BCUT2D eigenvalue weighted by Gasteiger charge is 2.55. The quantitative estimate of drug-likeness (QED) is 0.159. The van der Waals surface area contributed by atoms with E-state index in [0.29, 0.717) is 48.0 Å². The molecule has 8 atom stereocenters. The molecule has 6 heteroatoms. The fourth-order valence-electron chi connectivity index (χ4n) is 9.34. The fraction of sp³-hybridized carbons (Fsp3) is 0.833. The topological polar surface area (TPSA) is 71.1 Å². The molecule has 0 aromatic carbocycles. The first-order valence-electron chi connectivity index (χ1n) is 17.1. The summed E-state index contributed by atoms with van der Waals surface area (Å²) in [5, 5.41) is 0. The van der Waals surface area contributed by atoms with Crippen molar-refractivity contribution >= 4 is 11.9 Å². The summed E-state index contributed by atoms with van der Waals surface area (Å²) in [5.74, 6) is 6.77. The van der Waals surface area contributed by atoms with Crippen LogP contribution in [0.1, 0.15) is 90.9 Å².